The quantitative estimate of drug-likeness (QED) is 0.545. The van der Waals surface area contributed by atoms with Gasteiger partial charge < -0.3 is 14.4 Å². The van der Waals surface area contributed by atoms with Crippen LogP contribution in [0.1, 0.15) is 20.8 Å². The fraction of sp³-hybridized carbons (Fsp3) is 0.292. The van der Waals surface area contributed by atoms with Gasteiger partial charge in [0, 0.05) is 38.3 Å². The van der Waals surface area contributed by atoms with E-state index in [1.165, 1.54) is 17.4 Å². The molecule has 1 aliphatic rings. The van der Waals surface area contributed by atoms with Gasteiger partial charge in [0.15, 0.2) is 0 Å². The summed E-state index contributed by atoms with van der Waals surface area (Å²) in [5.74, 6) is 1.39. The molecule has 31 heavy (non-hydrogen) atoms. The number of carbonyl (C=O) groups excluding carboxylic acids is 1. The lowest BCUT2D eigenvalue weighted by Crippen LogP contribution is -2.48. The van der Waals surface area contributed by atoms with Crippen LogP contribution in [0.5, 0.6) is 11.5 Å². The molecule has 0 saturated carbocycles. The molecule has 1 aliphatic heterocycles. The highest BCUT2D eigenvalue weighted by Crippen LogP contribution is 2.22. The molecule has 2 aromatic carbocycles. The molecular weight excluding hydrogens is 415 g/mol. The van der Waals surface area contributed by atoms with Crippen LogP contribution in [0.15, 0.2) is 60.0 Å². The summed E-state index contributed by atoms with van der Waals surface area (Å²) in [6, 6.07) is 16.0. The second kappa shape index (κ2) is 9.94. The van der Waals surface area contributed by atoms with E-state index in [1.807, 2.05) is 46.7 Å². The number of hydrogen-bond donors (Lipinski definition) is 0. The number of amides is 1. The SMILES string of the molecule is COc1ccc(OCc2csc(C(=O)N3CCN(Cc4cccc(F)c4)CC3)c2)cc1. The third-order valence-corrected chi connectivity index (χ3v) is 6.25. The Labute approximate surface area is 185 Å². The van der Waals surface area contributed by atoms with E-state index >= 15 is 0 Å². The Morgan fingerprint density at radius 2 is 1.74 bits per heavy atom. The van der Waals surface area contributed by atoms with E-state index in [2.05, 4.69) is 4.90 Å². The summed E-state index contributed by atoms with van der Waals surface area (Å²) in [6.45, 7) is 4.01. The van der Waals surface area contributed by atoms with Crippen LogP contribution in [0.3, 0.4) is 0 Å². The molecule has 4 rings (SSSR count). The van der Waals surface area contributed by atoms with Crippen molar-refractivity contribution in [3.05, 3.63) is 81.8 Å². The number of piperazine rings is 1. The topological polar surface area (TPSA) is 42.0 Å². The highest BCUT2D eigenvalue weighted by molar-refractivity contribution is 7.12. The molecule has 1 fully saturated rings. The molecule has 0 N–H and O–H groups in total. The smallest absolute Gasteiger partial charge is 0.264 e. The molecule has 0 atom stereocenters. The average Bonchev–Trinajstić information content (AvgIpc) is 3.27. The van der Waals surface area contributed by atoms with E-state index in [1.54, 1.807) is 19.2 Å². The molecule has 0 radical (unpaired) electrons. The van der Waals surface area contributed by atoms with Crippen molar-refractivity contribution in [1.82, 2.24) is 9.80 Å². The molecule has 0 aliphatic carbocycles. The molecule has 2 heterocycles. The summed E-state index contributed by atoms with van der Waals surface area (Å²) >= 11 is 1.45. The van der Waals surface area contributed by atoms with E-state index < -0.39 is 0 Å². The second-order valence-corrected chi connectivity index (χ2v) is 8.39. The van der Waals surface area contributed by atoms with Crippen LogP contribution in [-0.2, 0) is 13.2 Å². The zero-order chi connectivity index (χ0) is 21.6. The van der Waals surface area contributed by atoms with Gasteiger partial charge in [0.25, 0.3) is 5.91 Å². The fourth-order valence-corrected chi connectivity index (χ4v) is 4.42. The van der Waals surface area contributed by atoms with Gasteiger partial charge in [-0.05, 0) is 53.4 Å². The summed E-state index contributed by atoms with van der Waals surface area (Å²) in [5.41, 5.74) is 1.94. The first-order valence-corrected chi connectivity index (χ1v) is 11.1. The minimum Gasteiger partial charge on any atom is -0.497 e. The number of halogens is 1. The predicted molar refractivity (Wildman–Crippen MR) is 119 cm³/mol. The largest absolute Gasteiger partial charge is 0.497 e. The highest BCUT2D eigenvalue weighted by atomic mass is 32.1. The van der Waals surface area contributed by atoms with Crippen LogP contribution < -0.4 is 9.47 Å². The minimum absolute atomic E-state index is 0.0612. The van der Waals surface area contributed by atoms with Crippen molar-refractivity contribution < 1.29 is 18.7 Å². The van der Waals surface area contributed by atoms with Gasteiger partial charge in [-0.3, -0.25) is 9.69 Å². The molecule has 1 aromatic heterocycles. The van der Waals surface area contributed by atoms with Crippen LogP contribution in [0.2, 0.25) is 0 Å². The Kier molecular flexibility index (Phi) is 6.84. The maximum Gasteiger partial charge on any atom is 0.264 e. The Bertz CT molecular complexity index is 1010. The van der Waals surface area contributed by atoms with Crippen LogP contribution in [0, 0.1) is 5.82 Å². The minimum atomic E-state index is -0.212. The molecule has 0 unspecified atom stereocenters. The lowest BCUT2D eigenvalue weighted by Gasteiger charge is -2.34. The number of carbonyl (C=O) groups is 1. The van der Waals surface area contributed by atoms with Gasteiger partial charge in [0.1, 0.15) is 23.9 Å². The van der Waals surface area contributed by atoms with Crippen molar-refractivity contribution in [1.29, 1.82) is 0 Å². The first kappa shape index (κ1) is 21.3. The zero-order valence-electron chi connectivity index (χ0n) is 17.4. The van der Waals surface area contributed by atoms with Crippen LogP contribution >= 0.6 is 11.3 Å². The molecule has 3 aromatic rings. The van der Waals surface area contributed by atoms with Gasteiger partial charge >= 0.3 is 0 Å². The van der Waals surface area contributed by atoms with Gasteiger partial charge in [-0.25, -0.2) is 4.39 Å². The van der Waals surface area contributed by atoms with Crippen molar-refractivity contribution in [2.45, 2.75) is 13.2 Å². The molecule has 1 saturated heterocycles. The normalized spacial score (nSPS) is 14.5. The van der Waals surface area contributed by atoms with Gasteiger partial charge in [-0.15, -0.1) is 11.3 Å². The molecular formula is C24H25FN2O3S. The number of hydrogen-bond acceptors (Lipinski definition) is 5. The highest BCUT2D eigenvalue weighted by Gasteiger charge is 2.23. The number of ether oxygens (including phenoxy) is 2. The fourth-order valence-electron chi connectivity index (χ4n) is 3.56. The van der Waals surface area contributed by atoms with Crippen LogP contribution in [-0.4, -0.2) is 49.0 Å². The molecule has 0 spiro atoms. The Hall–Kier alpha value is -2.90. The number of rotatable bonds is 7. The molecule has 1 amide bonds. The summed E-state index contributed by atoms with van der Waals surface area (Å²) in [4.78, 5) is 17.8. The summed E-state index contributed by atoms with van der Waals surface area (Å²) in [6.07, 6.45) is 0. The van der Waals surface area contributed by atoms with Crippen molar-refractivity contribution >= 4 is 17.2 Å². The van der Waals surface area contributed by atoms with Crippen molar-refractivity contribution in [2.24, 2.45) is 0 Å². The Balaban J connectivity index is 1.26. The summed E-state index contributed by atoms with van der Waals surface area (Å²) in [5, 5.41) is 1.97. The van der Waals surface area contributed by atoms with E-state index in [0.29, 0.717) is 26.2 Å². The molecule has 162 valence electrons. The lowest BCUT2D eigenvalue weighted by atomic mass is 10.2. The van der Waals surface area contributed by atoms with E-state index in [9.17, 15) is 9.18 Å². The van der Waals surface area contributed by atoms with Gasteiger partial charge in [0.05, 0.1) is 12.0 Å². The first-order valence-electron chi connectivity index (χ1n) is 10.2. The average molecular weight is 441 g/mol. The van der Waals surface area contributed by atoms with Gasteiger partial charge in [-0.1, -0.05) is 12.1 Å². The van der Waals surface area contributed by atoms with Crippen molar-refractivity contribution in [2.75, 3.05) is 33.3 Å². The van der Waals surface area contributed by atoms with Crippen LogP contribution in [0.4, 0.5) is 4.39 Å². The summed E-state index contributed by atoms with van der Waals surface area (Å²) in [7, 11) is 1.63. The van der Waals surface area contributed by atoms with Crippen molar-refractivity contribution in [3.63, 3.8) is 0 Å². The monoisotopic (exact) mass is 440 g/mol. The number of nitrogens with zero attached hydrogens (tertiary/aromatic N) is 2. The molecule has 5 nitrogen and oxygen atoms in total. The zero-order valence-corrected chi connectivity index (χ0v) is 18.2. The number of methoxy groups -OCH3 is 1. The van der Waals surface area contributed by atoms with E-state index in [0.717, 1.165) is 40.6 Å². The summed E-state index contributed by atoms with van der Waals surface area (Å²) < 4.78 is 24.3. The second-order valence-electron chi connectivity index (χ2n) is 7.48. The third-order valence-electron chi connectivity index (χ3n) is 5.28. The maximum atomic E-state index is 13.4. The van der Waals surface area contributed by atoms with E-state index in [4.69, 9.17) is 9.47 Å². The Morgan fingerprint density at radius 3 is 2.45 bits per heavy atom. The molecule has 7 heteroatoms. The van der Waals surface area contributed by atoms with Crippen molar-refractivity contribution in [3.8, 4) is 11.5 Å². The van der Waals surface area contributed by atoms with E-state index in [-0.39, 0.29) is 11.7 Å². The van der Waals surface area contributed by atoms with Crippen LogP contribution in [0.25, 0.3) is 0 Å². The van der Waals surface area contributed by atoms with Gasteiger partial charge in [-0.2, -0.15) is 0 Å². The third kappa shape index (κ3) is 5.62. The number of thiophene rings is 1. The van der Waals surface area contributed by atoms with Gasteiger partial charge in [0.2, 0.25) is 0 Å². The Morgan fingerprint density at radius 1 is 1.00 bits per heavy atom. The number of benzene rings is 2. The maximum absolute atomic E-state index is 13.4. The molecule has 0 bridgehead atoms. The standard InChI is InChI=1S/C24H25FN2O3S/c1-29-21-5-7-22(8-6-21)30-16-19-14-23(31-17-19)24(28)27-11-9-26(10-12-27)15-18-3-2-4-20(25)13-18/h2-8,13-14,17H,9-12,15-16H2,1H3. The predicted octanol–water partition coefficient (Wildman–Crippen LogP) is 4.43. The lowest BCUT2D eigenvalue weighted by molar-refractivity contribution is 0.0633. The first-order chi connectivity index (χ1) is 15.1.